The Kier molecular flexibility index (Phi) is 3.15. The lowest BCUT2D eigenvalue weighted by atomic mass is 10.2. The van der Waals surface area contributed by atoms with E-state index in [-0.39, 0.29) is 5.69 Å². The monoisotopic (exact) mass is 233 g/mol. The highest BCUT2D eigenvalue weighted by molar-refractivity contribution is 5.55. The highest BCUT2D eigenvalue weighted by Crippen LogP contribution is 2.21. The van der Waals surface area contributed by atoms with Crippen molar-refractivity contribution in [1.82, 2.24) is 10.3 Å². The van der Waals surface area contributed by atoms with Crippen LogP contribution in [0.5, 0.6) is 0 Å². The van der Waals surface area contributed by atoms with Gasteiger partial charge < -0.3 is 9.73 Å². The number of hydrogen-bond donors (Lipinski definition) is 1. The van der Waals surface area contributed by atoms with Gasteiger partial charge in [0.1, 0.15) is 6.26 Å². The average molecular weight is 233 g/mol. The Morgan fingerprint density at radius 1 is 1.41 bits per heavy atom. The van der Waals surface area contributed by atoms with Crippen LogP contribution in [0.2, 0.25) is 0 Å². The van der Waals surface area contributed by atoms with E-state index < -0.39 is 4.92 Å². The van der Waals surface area contributed by atoms with Crippen LogP contribution in [0.25, 0.3) is 11.5 Å². The molecule has 0 spiro atoms. The molecule has 6 heteroatoms. The van der Waals surface area contributed by atoms with Crippen LogP contribution in [0.3, 0.4) is 0 Å². The highest BCUT2D eigenvalue weighted by Gasteiger charge is 2.09. The molecule has 1 N–H and O–H groups in total. The maximum atomic E-state index is 10.5. The summed E-state index contributed by atoms with van der Waals surface area (Å²) in [7, 11) is 1.82. The van der Waals surface area contributed by atoms with E-state index in [0.29, 0.717) is 12.4 Å². The van der Waals surface area contributed by atoms with Crippen LogP contribution >= 0.6 is 0 Å². The fraction of sp³-hybridized carbons (Fsp3) is 0.182. The second-order valence-electron chi connectivity index (χ2n) is 3.48. The van der Waals surface area contributed by atoms with Gasteiger partial charge in [-0.2, -0.15) is 0 Å². The molecule has 1 aromatic carbocycles. The normalized spacial score (nSPS) is 10.4. The summed E-state index contributed by atoms with van der Waals surface area (Å²) in [6.07, 6.45) is 1.56. The lowest BCUT2D eigenvalue weighted by molar-refractivity contribution is -0.384. The minimum Gasteiger partial charge on any atom is -0.444 e. The van der Waals surface area contributed by atoms with Crippen LogP contribution in [0.15, 0.2) is 34.9 Å². The molecule has 0 saturated heterocycles. The molecule has 0 aliphatic carbocycles. The quantitative estimate of drug-likeness (QED) is 0.645. The maximum absolute atomic E-state index is 10.5. The Morgan fingerprint density at radius 2 is 2.12 bits per heavy atom. The van der Waals surface area contributed by atoms with Gasteiger partial charge in [-0.05, 0) is 19.2 Å². The number of non-ortho nitro benzene ring substituents is 1. The molecule has 0 saturated carbocycles. The molecule has 2 aromatic rings. The number of nitro groups is 1. The van der Waals surface area contributed by atoms with Crippen LogP contribution in [-0.4, -0.2) is 17.0 Å². The zero-order chi connectivity index (χ0) is 12.3. The third kappa shape index (κ3) is 2.48. The number of benzene rings is 1. The van der Waals surface area contributed by atoms with Gasteiger partial charge in [0.15, 0.2) is 0 Å². The van der Waals surface area contributed by atoms with E-state index in [2.05, 4.69) is 10.3 Å². The molecule has 2 rings (SSSR count). The van der Waals surface area contributed by atoms with Crippen molar-refractivity contribution in [3.8, 4) is 11.5 Å². The van der Waals surface area contributed by atoms with Crippen molar-refractivity contribution in [2.24, 2.45) is 0 Å². The standard InChI is InChI=1S/C11H11N3O3/c1-12-6-9-7-17-11(13-9)8-2-4-10(5-3-8)14(15)16/h2-5,7,12H,6H2,1H3. The second-order valence-corrected chi connectivity index (χ2v) is 3.48. The first kappa shape index (κ1) is 11.3. The van der Waals surface area contributed by atoms with Gasteiger partial charge >= 0.3 is 0 Å². The molecule has 17 heavy (non-hydrogen) atoms. The van der Waals surface area contributed by atoms with Gasteiger partial charge in [-0.1, -0.05) is 0 Å². The van der Waals surface area contributed by atoms with E-state index in [4.69, 9.17) is 4.42 Å². The fourth-order valence-corrected chi connectivity index (χ4v) is 1.43. The Bertz CT molecular complexity index is 519. The van der Waals surface area contributed by atoms with Crippen LogP contribution < -0.4 is 5.32 Å². The van der Waals surface area contributed by atoms with E-state index in [9.17, 15) is 10.1 Å². The first-order valence-corrected chi connectivity index (χ1v) is 5.04. The summed E-state index contributed by atoms with van der Waals surface area (Å²) >= 11 is 0. The van der Waals surface area contributed by atoms with E-state index in [0.717, 1.165) is 11.3 Å². The first-order valence-electron chi connectivity index (χ1n) is 5.04. The van der Waals surface area contributed by atoms with E-state index in [1.165, 1.54) is 12.1 Å². The van der Waals surface area contributed by atoms with E-state index in [1.54, 1.807) is 18.4 Å². The topological polar surface area (TPSA) is 81.2 Å². The maximum Gasteiger partial charge on any atom is 0.269 e. The molecule has 0 fully saturated rings. The number of nitro benzene ring substituents is 1. The van der Waals surface area contributed by atoms with Gasteiger partial charge in [0, 0.05) is 24.2 Å². The molecule has 0 radical (unpaired) electrons. The zero-order valence-corrected chi connectivity index (χ0v) is 9.21. The molecule has 0 aliphatic rings. The van der Waals surface area contributed by atoms with E-state index in [1.807, 2.05) is 7.05 Å². The molecule has 0 bridgehead atoms. The summed E-state index contributed by atoms with van der Waals surface area (Å²) < 4.78 is 5.28. The van der Waals surface area contributed by atoms with Gasteiger partial charge in [0.25, 0.3) is 5.69 Å². The van der Waals surface area contributed by atoms with Crippen molar-refractivity contribution in [1.29, 1.82) is 0 Å². The summed E-state index contributed by atoms with van der Waals surface area (Å²) in [6.45, 7) is 0.622. The van der Waals surface area contributed by atoms with Crippen LogP contribution in [0.1, 0.15) is 5.69 Å². The second kappa shape index (κ2) is 4.75. The summed E-state index contributed by atoms with van der Waals surface area (Å²) in [4.78, 5) is 14.3. The summed E-state index contributed by atoms with van der Waals surface area (Å²) in [5, 5.41) is 13.5. The van der Waals surface area contributed by atoms with Crippen molar-refractivity contribution in [3.05, 3.63) is 46.3 Å². The van der Waals surface area contributed by atoms with Gasteiger partial charge in [-0.25, -0.2) is 4.98 Å². The number of nitrogens with one attached hydrogen (secondary N) is 1. The van der Waals surface area contributed by atoms with Crippen molar-refractivity contribution in [3.63, 3.8) is 0 Å². The molecular weight excluding hydrogens is 222 g/mol. The average Bonchev–Trinajstić information content (AvgIpc) is 2.78. The summed E-state index contributed by atoms with van der Waals surface area (Å²) in [5.41, 5.74) is 1.56. The Labute approximate surface area is 97.4 Å². The predicted molar refractivity (Wildman–Crippen MR) is 61.4 cm³/mol. The predicted octanol–water partition coefficient (Wildman–Crippen LogP) is 1.97. The van der Waals surface area contributed by atoms with Crippen molar-refractivity contribution >= 4 is 5.69 Å². The first-order chi connectivity index (χ1) is 8.20. The fourth-order valence-electron chi connectivity index (χ4n) is 1.43. The molecule has 1 aromatic heterocycles. The number of rotatable bonds is 4. The van der Waals surface area contributed by atoms with Gasteiger partial charge in [-0.15, -0.1) is 0 Å². The summed E-state index contributed by atoms with van der Waals surface area (Å²) in [6, 6.07) is 6.09. The van der Waals surface area contributed by atoms with Crippen LogP contribution in [0, 0.1) is 10.1 Å². The lowest BCUT2D eigenvalue weighted by Gasteiger charge is -1.94. The van der Waals surface area contributed by atoms with Crippen molar-refractivity contribution in [2.45, 2.75) is 6.54 Å². The lowest BCUT2D eigenvalue weighted by Crippen LogP contribution is -2.04. The van der Waals surface area contributed by atoms with Gasteiger partial charge in [0.05, 0.1) is 10.6 Å². The number of aromatic nitrogens is 1. The Hall–Kier alpha value is -2.21. The highest BCUT2D eigenvalue weighted by atomic mass is 16.6. The molecule has 1 heterocycles. The Morgan fingerprint density at radius 3 is 2.71 bits per heavy atom. The summed E-state index contributed by atoms with van der Waals surface area (Å²) in [5.74, 6) is 0.463. The van der Waals surface area contributed by atoms with Gasteiger partial charge in [-0.3, -0.25) is 10.1 Å². The largest absolute Gasteiger partial charge is 0.444 e. The minimum absolute atomic E-state index is 0.0516. The number of hydrogen-bond acceptors (Lipinski definition) is 5. The SMILES string of the molecule is CNCc1coc(-c2ccc([N+](=O)[O-])cc2)n1. The molecule has 0 aliphatic heterocycles. The van der Waals surface area contributed by atoms with Gasteiger partial charge in [0.2, 0.25) is 5.89 Å². The Balaban J connectivity index is 2.23. The molecule has 0 atom stereocenters. The smallest absolute Gasteiger partial charge is 0.269 e. The van der Waals surface area contributed by atoms with Crippen LogP contribution in [-0.2, 0) is 6.54 Å². The molecule has 0 unspecified atom stereocenters. The zero-order valence-electron chi connectivity index (χ0n) is 9.21. The minimum atomic E-state index is -0.439. The van der Waals surface area contributed by atoms with Crippen molar-refractivity contribution < 1.29 is 9.34 Å². The van der Waals surface area contributed by atoms with E-state index >= 15 is 0 Å². The molecule has 88 valence electrons. The third-order valence-electron chi connectivity index (χ3n) is 2.23. The number of oxazole rings is 1. The number of nitrogens with zero attached hydrogens (tertiary/aromatic N) is 2. The molecular formula is C11H11N3O3. The molecule has 0 amide bonds. The van der Waals surface area contributed by atoms with Crippen LogP contribution in [0.4, 0.5) is 5.69 Å². The van der Waals surface area contributed by atoms with Crippen molar-refractivity contribution in [2.75, 3.05) is 7.05 Å². The third-order valence-corrected chi connectivity index (χ3v) is 2.23. The molecule has 6 nitrogen and oxygen atoms in total.